The summed E-state index contributed by atoms with van der Waals surface area (Å²) in [5.41, 5.74) is 2.43. The zero-order valence-corrected chi connectivity index (χ0v) is 10.9. The Hall–Kier alpha value is -1.96. The van der Waals surface area contributed by atoms with Crippen molar-refractivity contribution in [3.8, 4) is 22.6 Å². The lowest BCUT2D eigenvalue weighted by atomic mass is 9.81. The third kappa shape index (κ3) is 2.19. The largest absolute Gasteiger partial charge is 0.507 e. The Morgan fingerprint density at radius 2 is 1.33 bits per heavy atom. The Kier molecular flexibility index (Phi) is 3.04. The molecular weight excluding hydrogens is 224 g/mol. The quantitative estimate of drug-likeness (QED) is 0.791. The van der Waals surface area contributed by atoms with Crippen LogP contribution in [0.25, 0.3) is 11.1 Å². The van der Waals surface area contributed by atoms with E-state index in [2.05, 4.69) is 20.8 Å². The van der Waals surface area contributed by atoms with Crippen LogP contribution in [-0.2, 0) is 5.41 Å². The third-order valence-electron chi connectivity index (χ3n) is 3.02. The molecule has 18 heavy (non-hydrogen) atoms. The average molecular weight is 242 g/mol. The maximum atomic E-state index is 9.97. The second-order valence-corrected chi connectivity index (χ2v) is 5.47. The summed E-state index contributed by atoms with van der Waals surface area (Å²) in [6.07, 6.45) is 0. The zero-order valence-electron chi connectivity index (χ0n) is 10.9. The fourth-order valence-corrected chi connectivity index (χ4v) is 2.16. The van der Waals surface area contributed by atoms with Crippen LogP contribution in [0, 0.1) is 0 Å². The minimum absolute atomic E-state index is 0.0503. The van der Waals surface area contributed by atoms with Crippen LogP contribution in [0.15, 0.2) is 42.5 Å². The van der Waals surface area contributed by atoms with Gasteiger partial charge in [-0.25, -0.2) is 0 Å². The van der Waals surface area contributed by atoms with Crippen molar-refractivity contribution in [1.82, 2.24) is 0 Å². The molecule has 2 rings (SSSR count). The topological polar surface area (TPSA) is 40.5 Å². The van der Waals surface area contributed by atoms with Gasteiger partial charge in [-0.15, -0.1) is 0 Å². The summed E-state index contributed by atoms with van der Waals surface area (Å²) >= 11 is 0. The van der Waals surface area contributed by atoms with Gasteiger partial charge in [0, 0.05) is 0 Å². The fourth-order valence-electron chi connectivity index (χ4n) is 2.16. The normalized spacial score (nSPS) is 11.5. The van der Waals surface area contributed by atoms with Crippen LogP contribution in [0.4, 0.5) is 0 Å². The van der Waals surface area contributed by atoms with E-state index in [1.165, 1.54) is 0 Å². The second-order valence-electron chi connectivity index (χ2n) is 5.47. The zero-order chi connectivity index (χ0) is 13.3. The highest BCUT2D eigenvalue weighted by Crippen LogP contribution is 2.41. The van der Waals surface area contributed by atoms with Crippen LogP contribution in [0.3, 0.4) is 0 Å². The second kappa shape index (κ2) is 4.37. The van der Waals surface area contributed by atoms with Gasteiger partial charge in [0.15, 0.2) is 0 Å². The summed E-state index contributed by atoms with van der Waals surface area (Å²) < 4.78 is 0. The highest BCUT2D eigenvalue weighted by atomic mass is 16.3. The minimum Gasteiger partial charge on any atom is -0.507 e. The van der Waals surface area contributed by atoms with E-state index in [9.17, 15) is 10.2 Å². The molecule has 0 aliphatic rings. The van der Waals surface area contributed by atoms with Crippen LogP contribution < -0.4 is 0 Å². The van der Waals surface area contributed by atoms with Gasteiger partial charge < -0.3 is 10.2 Å². The molecule has 0 spiro atoms. The first-order chi connectivity index (χ1) is 8.41. The molecule has 0 aromatic heterocycles. The SMILES string of the molecule is CC(C)(C)c1ccccc1-c1c(O)cccc1O. The van der Waals surface area contributed by atoms with Gasteiger partial charge in [0.25, 0.3) is 0 Å². The molecule has 2 nitrogen and oxygen atoms in total. The van der Waals surface area contributed by atoms with E-state index in [0.717, 1.165) is 11.1 Å². The minimum atomic E-state index is -0.0503. The molecule has 2 N–H and O–H groups in total. The van der Waals surface area contributed by atoms with Gasteiger partial charge >= 0.3 is 0 Å². The van der Waals surface area contributed by atoms with Crippen molar-refractivity contribution in [1.29, 1.82) is 0 Å². The molecule has 0 bridgehead atoms. The van der Waals surface area contributed by atoms with Crippen molar-refractivity contribution < 1.29 is 10.2 Å². The van der Waals surface area contributed by atoms with Crippen LogP contribution >= 0.6 is 0 Å². The Labute approximate surface area is 108 Å². The first-order valence-electron chi connectivity index (χ1n) is 6.02. The molecule has 0 heterocycles. The number of rotatable bonds is 1. The van der Waals surface area contributed by atoms with E-state index in [4.69, 9.17) is 0 Å². The molecule has 0 saturated heterocycles. The Bertz CT molecular complexity index is 545. The van der Waals surface area contributed by atoms with Crippen LogP contribution in [-0.4, -0.2) is 10.2 Å². The maximum absolute atomic E-state index is 9.97. The van der Waals surface area contributed by atoms with Gasteiger partial charge in [-0.2, -0.15) is 0 Å². The Morgan fingerprint density at radius 1 is 0.778 bits per heavy atom. The van der Waals surface area contributed by atoms with Crippen molar-refractivity contribution in [2.24, 2.45) is 0 Å². The lowest BCUT2D eigenvalue weighted by Gasteiger charge is -2.23. The van der Waals surface area contributed by atoms with E-state index >= 15 is 0 Å². The fraction of sp³-hybridized carbons (Fsp3) is 0.250. The molecule has 2 aromatic rings. The molecule has 0 fully saturated rings. The molecule has 0 saturated carbocycles. The molecule has 0 atom stereocenters. The van der Waals surface area contributed by atoms with E-state index in [1.807, 2.05) is 24.3 Å². The van der Waals surface area contributed by atoms with E-state index in [-0.39, 0.29) is 16.9 Å². The van der Waals surface area contributed by atoms with Gasteiger partial charge in [0.05, 0.1) is 5.56 Å². The molecule has 94 valence electrons. The van der Waals surface area contributed by atoms with E-state index in [0.29, 0.717) is 5.56 Å². The molecule has 2 aromatic carbocycles. The first kappa shape index (κ1) is 12.5. The van der Waals surface area contributed by atoms with E-state index in [1.54, 1.807) is 18.2 Å². The molecular formula is C16H18O2. The number of aromatic hydroxyl groups is 2. The van der Waals surface area contributed by atoms with Crippen molar-refractivity contribution in [3.05, 3.63) is 48.0 Å². The molecule has 0 radical (unpaired) electrons. The molecule has 0 unspecified atom stereocenters. The summed E-state index contributed by atoms with van der Waals surface area (Å²) in [6.45, 7) is 6.34. The predicted octanol–water partition coefficient (Wildman–Crippen LogP) is 4.06. The van der Waals surface area contributed by atoms with Gasteiger partial charge in [-0.05, 0) is 28.7 Å². The van der Waals surface area contributed by atoms with Crippen LogP contribution in [0.2, 0.25) is 0 Å². The van der Waals surface area contributed by atoms with E-state index < -0.39 is 0 Å². The number of phenolic OH excluding ortho intramolecular Hbond substituents is 2. The third-order valence-corrected chi connectivity index (χ3v) is 3.02. The first-order valence-corrected chi connectivity index (χ1v) is 6.02. The lowest BCUT2D eigenvalue weighted by molar-refractivity contribution is 0.454. The average Bonchev–Trinajstić information content (AvgIpc) is 2.28. The predicted molar refractivity (Wildman–Crippen MR) is 73.9 cm³/mol. The molecule has 0 aliphatic carbocycles. The highest BCUT2D eigenvalue weighted by Gasteiger charge is 2.21. The van der Waals surface area contributed by atoms with Gasteiger partial charge in [0.2, 0.25) is 0 Å². The molecule has 0 amide bonds. The standard InChI is InChI=1S/C16H18O2/c1-16(2,3)12-8-5-4-7-11(12)15-13(17)9-6-10-14(15)18/h4-10,17-18H,1-3H3. The Morgan fingerprint density at radius 3 is 1.89 bits per heavy atom. The smallest absolute Gasteiger partial charge is 0.127 e. The van der Waals surface area contributed by atoms with Crippen molar-refractivity contribution in [2.75, 3.05) is 0 Å². The Balaban J connectivity index is 2.73. The molecule has 2 heteroatoms. The lowest BCUT2D eigenvalue weighted by Crippen LogP contribution is -2.12. The summed E-state index contributed by atoms with van der Waals surface area (Å²) in [6, 6.07) is 12.7. The summed E-state index contributed by atoms with van der Waals surface area (Å²) in [5.74, 6) is 0.207. The number of hydrogen-bond acceptors (Lipinski definition) is 2. The van der Waals surface area contributed by atoms with Crippen molar-refractivity contribution in [3.63, 3.8) is 0 Å². The maximum Gasteiger partial charge on any atom is 0.127 e. The monoisotopic (exact) mass is 242 g/mol. The van der Waals surface area contributed by atoms with Gasteiger partial charge in [-0.3, -0.25) is 0 Å². The summed E-state index contributed by atoms with van der Waals surface area (Å²) in [7, 11) is 0. The summed E-state index contributed by atoms with van der Waals surface area (Å²) in [5, 5.41) is 19.9. The summed E-state index contributed by atoms with van der Waals surface area (Å²) in [4.78, 5) is 0. The number of phenols is 2. The van der Waals surface area contributed by atoms with Crippen LogP contribution in [0.5, 0.6) is 11.5 Å². The van der Waals surface area contributed by atoms with Gasteiger partial charge in [0.1, 0.15) is 11.5 Å². The van der Waals surface area contributed by atoms with Crippen LogP contribution in [0.1, 0.15) is 26.3 Å². The number of hydrogen-bond donors (Lipinski definition) is 2. The molecule has 0 aliphatic heterocycles. The van der Waals surface area contributed by atoms with Crippen molar-refractivity contribution in [2.45, 2.75) is 26.2 Å². The van der Waals surface area contributed by atoms with Gasteiger partial charge in [-0.1, -0.05) is 51.1 Å². The highest BCUT2D eigenvalue weighted by molar-refractivity contribution is 5.79. The number of benzene rings is 2. The van der Waals surface area contributed by atoms with Crippen molar-refractivity contribution >= 4 is 0 Å².